The summed E-state index contributed by atoms with van der Waals surface area (Å²) in [4.78, 5) is 12.8. The van der Waals surface area contributed by atoms with Crippen molar-refractivity contribution in [3.63, 3.8) is 0 Å². The van der Waals surface area contributed by atoms with Gasteiger partial charge in [0.15, 0.2) is 5.96 Å². The molecule has 0 heterocycles. The number of hydrogen-bond acceptors (Lipinski definition) is 5. The third kappa shape index (κ3) is 3.68. The zero-order valence-electron chi connectivity index (χ0n) is 14.0. The monoisotopic (exact) mass is 356 g/mol. The molecule has 0 amide bonds. The van der Waals surface area contributed by atoms with Crippen LogP contribution in [0.3, 0.4) is 0 Å². The van der Waals surface area contributed by atoms with Gasteiger partial charge in [0.05, 0.1) is 4.90 Å². The number of guanidine groups is 1. The number of aryl methyl sites for hydroxylation is 1. The van der Waals surface area contributed by atoms with Crippen molar-refractivity contribution in [1.29, 1.82) is 0 Å². The van der Waals surface area contributed by atoms with Crippen molar-refractivity contribution in [3.05, 3.63) is 28.8 Å². The lowest BCUT2D eigenvalue weighted by molar-refractivity contribution is -0.140. The molecule has 0 spiro atoms. The SMILES string of the molecule is Cc1ccc(S(=O)(=O)C(N)(CCCN=C(N)N)C(=O)O)c(C)c1C. The number of nitrogens with two attached hydrogens (primary N) is 3. The van der Waals surface area contributed by atoms with Gasteiger partial charge in [-0.1, -0.05) is 6.07 Å². The number of carbonyl (C=O) groups is 1. The lowest BCUT2D eigenvalue weighted by Crippen LogP contribution is -2.54. The minimum Gasteiger partial charge on any atom is -0.479 e. The molecule has 0 aliphatic heterocycles. The van der Waals surface area contributed by atoms with Gasteiger partial charge in [-0.3, -0.25) is 4.99 Å². The van der Waals surface area contributed by atoms with E-state index >= 15 is 0 Å². The van der Waals surface area contributed by atoms with E-state index in [0.717, 1.165) is 11.1 Å². The van der Waals surface area contributed by atoms with E-state index in [2.05, 4.69) is 4.99 Å². The number of aliphatic imine (C=N–C) groups is 1. The maximum absolute atomic E-state index is 12.9. The number of carboxylic acid groups (broad SMARTS) is 1. The van der Waals surface area contributed by atoms with E-state index in [-0.39, 0.29) is 30.2 Å². The number of hydrogen-bond donors (Lipinski definition) is 4. The van der Waals surface area contributed by atoms with Crippen LogP contribution in [0.1, 0.15) is 29.5 Å². The first-order valence-corrected chi connectivity index (χ1v) is 8.82. The van der Waals surface area contributed by atoms with E-state index in [1.54, 1.807) is 19.9 Å². The normalized spacial score (nSPS) is 14.0. The molecule has 1 aromatic carbocycles. The Kier molecular flexibility index (Phi) is 5.96. The second-order valence-corrected chi connectivity index (χ2v) is 7.91. The highest BCUT2D eigenvalue weighted by Crippen LogP contribution is 2.30. The first-order valence-electron chi connectivity index (χ1n) is 7.34. The Balaban J connectivity index is 3.30. The summed E-state index contributed by atoms with van der Waals surface area (Å²) in [6, 6.07) is 3.03. The van der Waals surface area contributed by atoms with Gasteiger partial charge in [-0.25, -0.2) is 13.2 Å². The Hall–Kier alpha value is -2.13. The minimum absolute atomic E-state index is 0.0719. The molecule has 24 heavy (non-hydrogen) atoms. The van der Waals surface area contributed by atoms with Gasteiger partial charge in [0.2, 0.25) is 14.7 Å². The van der Waals surface area contributed by atoms with Crippen LogP contribution in [0.4, 0.5) is 0 Å². The zero-order chi connectivity index (χ0) is 18.7. The molecule has 7 N–H and O–H groups in total. The lowest BCUT2D eigenvalue weighted by Gasteiger charge is -2.26. The predicted octanol–water partition coefficient (Wildman–Crippen LogP) is 0.179. The topological polar surface area (TPSA) is 162 Å². The fourth-order valence-corrected chi connectivity index (χ4v) is 4.16. The van der Waals surface area contributed by atoms with Gasteiger partial charge in [0, 0.05) is 6.54 Å². The molecule has 0 fully saturated rings. The Bertz CT molecular complexity index is 770. The van der Waals surface area contributed by atoms with Gasteiger partial charge in [0.1, 0.15) is 0 Å². The minimum atomic E-state index is -4.30. The Morgan fingerprint density at radius 1 is 1.21 bits per heavy atom. The van der Waals surface area contributed by atoms with Crippen molar-refractivity contribution in [2.45, 2.75) is 43.4 Å². The molecular weight excluding hydrogens is 332 g/mol. The van der Waals surface area contributed by atoms with Gasteiger partial charge in [0.25, 0.3) is 0 Å². The van der Waals surface area contributed by atoms with Crippen molar-refractivity contribution in [2.75, 3.05) is 6.54 Å². The van der Waals surface area contributed by atoms with Crippen LogP contribution in [0.25, 0.3) is 0 Å². The average Bonchev–Trinajstić information content (AvgIpc) is 2.48. The highest BCUT2D eigenvalue weighted by molar-refractivity contribution is 7.93. The third-order valence-corrected chi connectivity index (χ3v) is 6.50. The van der Waals surface area contributed by atoms with E-state index in [4.69, 9.17) is 17.2 Å². The summed E-state index contributed by atoms with van der Waals surface area (Å²) < 4.78 is 25.8. The number of carboxylic acids is 1. The zero-order valence-corrected chi connectivity index (χ0v) is 14.9. The first-order chi connectivity index (χ1) is 10.9. The van der Waals surface area contributed by atoms with Gasteiger partial charge in [-0.2, -0.15) is 0 Å². The smallest absolute Gasteiger partial charge is 0.339 e. The standard InChI is InChI=1S/C15H24N4O4S/c1-9-5-6-12(11(3)10(9)2)24(22,23)15(18,13(20)21)7-4-8-19-14(16)17/h5-6H,4,7-8,18H2,1-3H3,(H,20,21)(H4,16,17,19). The van der Waals surface area contributed by atoms with Gasteiger partial charge >= 0.3 is 5.97 Å². The predicted molar refractivity (Wildman–Crippen MR) is 92.3 cm³/mol. The second-order valence-electron chi connectivity index (χ2n) is 5.74. The summed E-state index contributed by atoms with van der Waals surface area (Å²) in [5.41, 5.74) is 18.4. The number of aliphatic carboxylic acids is 1. The molecule has 1 atom stereocenters. The van der Waals surface area contributed by atoms with Gasteiger partial charge in [-0.15, -0.1) is 0 Å². The molecule has 134 valence electrons. The van der Waals surface area contributed by atoms with Crippen molar-refractivity contribution in [3.8, 4) is 0 Å². The summed E-state index contributed by atoms with van der Waals surface area (Å²) in [7, 11) is -4.30. The van der Waals surface area contributed by atoms with Crippen LogP contribution in [-0.2, 0) is 14.6 Å². The van der Waals surface area contributed by atoms with Crippen LogP contribution < -0.4 is 17.2 Å². The summed E-state index contributed by atoms with van der Waals surface area (Å²) in [6.45, 7) is 5.36. The number of rotatable bonds is 7. The number of benzene rings is 1. The van der Waals surface area contributed by atoms with Crippen LogP contribution >= 0.6 is 0 Å². The molecule has 0 saturated heterocycles. The average molecular weight is 356 g/mol. The maximum atomic E-state index is 12.9. The number of sulfone groups is 1. The molecule has 0 aromatic heterocycles. The van der Waals surface area contributed by atoms with E-state index in [9.17, 15) is 18.3 Å². The quantitative estimate of drug-likeness (QED) is 0.307. The van der Waals surface area contributed by atoms with Crippen molar-refractivity contribution in [2.24, 2.45) is 22.2 Å². The molecule has 0 saturated carbocycles. The molecule has 1 aromatic rings. The lowest BCUT2D eigenvalue weighted by atomic mass is 10.1. The van der Waals surface area contributed by atoms with Crippen LogP contribution in [0.5, 0.6) is 0 Å². The van der Waals surface area contributed by atoms with Crippen molar-refractivity contribution in [1.82, 2.24) is 0 Å². The van der Waals surface area contributed by atoms with E-state index in [1.165, 1.54) is 6.07 Å². The Morgan fingerprint density at radius 2 is 1.79 bits per heavy atom. The second kappa shape index (κ2) is 7.18. The first kappa shape index (κ1) is 19.9. The Labute approximate surface area is 141 Å². The fourth-order valence-electron chi connectivity index (χ4n) is 2.32. The van der Waals surface area contributed by atoms with E-state index in [0.29, 0.717) is 5.56 Å². The highest BCUT2D eigenvalue weighted by Gasteiger charge is 2.48. The highest BCUT2D eigenvalue weighted by atomic mass is 32.2. The largest absolute Gasteiger partial charge is 0.479 e. The Morgan fingerprint density at radius 3 is 2.29 bits per heavy atom. The summed E-state index contributed by atoms with van der Waals surface area (Å²) in [5, 5.41) is 9.46. The van der Waals surface area contributed by atoms with E-state index < -0.39 is 20.7 Å². The summed E-state index contributed by atoms with van der Waals surface area (Å²) in [5.74, 6) is -1.76. The van der Waals surface area contributed by atoms with Crippen molar-refractivity contribution < 1.29 is 18.3 Å². The van der Waals surface area contributed by atoms with E-state index in [1.807, 2.05) is 6.92 Å². The fraction of sp³-hybridized carbons (Fsp3) is 0.467. The molecule has 8 nitrogen and oxygen atoms in total. The van der Waals surface area contributed by atoms with Crippen LogP contribution in [0, 0.1) is 20.8 Å². The summed E-state index contributed by atoms with van der Waals surface area (Å²) in [6.07, 6.45) is -0.197. The molecular formula is C15H24N4O4S. The van der Waals surface area contributed by atoms with Gasteiger partial charge < -0.3 is 22.3 Å². The maximum Gasteiger partial charge on any atom is 0.339 e. The molecule has 0 bridgehead atoms. The van der Waals surface area contributed by atoms with Gasteiger partial charge in [-0.05, 0) is 56.4 Å². The third-order valence-electron chi connectivity index (χ3n) is 4.14. The van der Waals surface area contributed by atoms with Crippen LogP contribution in [0.2, 0.25) is 0 Å². The molecule has 1 unspecified atom stereocenters. The van der Waals surface area contributed by atoms with Crippen LogP contribution in [-0.4, -0.2) is 36.9 Å². The molecule has 9 heteroatoms. The molecule has 1 rings (SSSR count). The van der Waals surface area contributed by atoms with Crippen LogP contribution in [0.15, 0.2) is 22.0 Å². The molecule has 0 aliphatic rings. The van der Waals surface area contributed by atoms with Crippen molar-refractivity contribution >= 4 is 21.8 Å². The molecule has 0 radical (unpaired) electrons. The molecule has 0 aliphatic carbocycles. The summed E-state index contributed by atoms with van der Waals surface area (Å²) >= 11 is 0. The number of nitrogens with zero attached hydrogens (tertiary/aromatic N) is 1.